The van der Waals surface area contributed by atoms with E-state index in [1.165, 1.54) is 24.3 Å². The van der Waals surface area contributed by atoms with Crippen LogP contribution in [0.1, 0.15) is 23.2 Å². The minimum atomic E-state index is -4.09. The van der Waals surface area contributed by atoms with Crippen molar-refractivity contribution in [1.82, 2.24) is 20.7 Å². The van der Waals surface area contributed by atoms with Crippen LogP contribution in [-0.2, 0) is 14.8 Å². The van der Waals surface area contributed by atoms with Gasteiger partial charge < -0.3 is 31.1 Å². The molecule has 0 radical (unpaired) electrons. The highest BCUT2D eigenvalue weighted by atomic mass is 32.2. The quantitative estimate of drug-likeness (QED) is 0.248. The molecular formula is C25H32N6O6S. The zero-order chi connectivity index (χ0) is 27.1. The van der Waals surface area contributed by atoms with Crippen LogP contribution in [0.2, 0.25) is 0 Å². The van der Waals surface area contributed by atoms with Crippen LogP contribution in [0.15, 0.2) is 64.5 Å². The summed E-state index contributed by atoms with van der Waals surface area (Å²) >= 11 is 0. The number of carbonyl (C=O) groups is 2. The van der Waals surface area contributed by atoms with Crippen LogP contribution < -0.4 is 25.6 Å². The first-order valence-corrected chi connectivity index (χ1v) is 13.9. The van der Waals surface area contributed by atoms with Crippen molar-refractivity contribution in [3.05, 3.63) is 60.2 Å². The molecule has 38 heavy (non-hydrogen) atoms. The van der Waals surface area contributed by atoms with E-state index < -0.39 is 40.6 Å². The van der Waals surface area contributed by atoms with Gasteiger partial charge in [-0.3, -0.25) is 14.6 Å². The Morgan fingerprint density at radius 1 is 1.16 bits per heavy atom. The highest BCUT2D eigenvalue weighted by Gasteiger charge is 2.30. The molecule has 1 fully saturated rings. The maximum absolute atomic E-state index is 12.8. The van der Waals surface area contributed by atoms with E-state index in [0.717, 1.165) is 25.2 Å². The lowest BCUT2D eigenvalue weighted by molar-refractivity contribution is -0.138. The number of hydrogen-bond acceptors (Lipinski definition) is 9. The molecule has 1 saturated heterocycles. The number of carboxylic acids is 1. The van der Waals surface area contributed by atoms with Gasteiger partial charge in [0.1, 0.15) is 6.04 Å². The number of aliphatic hydroxyl groups excluding tert-OH is 1. The number of nitrogens with one attached hydrogen (secondary N) is 4. The maximum Gasteiger partial charge on any atom is 0.323 e. The molecule has 6 N–H and O–H groups in total. The van der Waals surface area contributed by atoms with Gasteiger partial charge >= 0.3 is 5.97 Å². The van der Waals surface area contributed by atoms with E-state index in [4.69, 9.17) is 0 Å². The molecule has 3 atom stereocenters. The average molecular weight is 545 g/mol. The first kappa shape index (κ1) is 27.4. The van der Waals surface area contributed by atoms with Crippen LogP contribution in [0.4, 0.5) is 5.69 Å². The Kier molecular flexibility index (Phi) is 8.81. The summed E-state index contributed by atoms with van der Waals surface area (Å²) in [6, 6.07) is 12.5. The van der Waals surface area contributed by atoms with Crippen molar-refractivity contribution in [3.63, 3.8) is 0 Å². The Balaban J connectivity index is 1.38. The highest BCUT2D eigenvalue weighted by Crippen LogP contribution is 2.22. The molecule has 0 spiro atoms. The number of amides is 1. The predicted octanol–water partition coefficient (Wildman–Crippen LogP) is -0.273. The number of carbonyl (C=O) groups excluding carboxylic acids is 1. The molecule has 204 valence electrons. The van der Waals surface area contributed by atoms with Gasteiger partial charge in [-0.2, -0.15) is 4.72 Å². The van der Waals surface area contributed by atoms with Crippen LogP contribution >= 0.6 is 0 Å². The monoisotopic (exact) mass is 544 g/mol. The van der Waals surface area contributed by atoms with E-state index in [1.54, 1.807) is 24.3 Å². The third-order valence-electron chi connectivity index (χ3n) is 6.38. The Hall–Kier alpha value is -3.68. The Bertz CT molecular complexity index is 1270. The molecule has 1 amide bonds. The van der Waals surface area contributed by atoms with E-state index in [9.17, 15) is 28.2 Å². The van der Waals surface area contributed by atoms with Crippen LogP contribution in [0, 0.1) is 0 Å². The van der Waals surface area contributed by atoms with E-state index in [0.29, 0.717) is 31.0 Å². The number of rotatable bonds is 9. The molecule has 4 rings (SSSR count). The first-order chi connectivity index (χ1) is 18.2. The van der Waals surface area contributed by atoms with Crippen molar-refractivity contribution in [3.8, 4) is 0 Å². The largest absolute Gasteiger partial charge is 0.480 e. The Labute approximate surface area is 221 Å². The number of nitrogens with zero attached hydrogens (tertiary/aromatic N) is 2. The average Bonchev–Trinajstić information content (AvgIpc) is 2.93. The smallest absolute Gasteiger partial charge is 0.323 e. The summed E-state index contributed by atoms with van der Waals surface area (Å²) < 4.78 is 27.2. The zero-order valence-corrected chi connectivity index (χ0v) is 21.5. The van der Waals surface area contributed by atoms with Crippen molar-refractivity contribution in [2.45, 2.75) is 35.9 Å². The van der Waals surface area contributed by atoms with Crippen molar-refractivity contribution in [2.24, 2.45) is 4.99 Å². The number of sulfonamides is 1. The second-order valence-corrected chi connectivity index (χ2v) is 10.9. The van der Waals surface area contributed by atoms with Crippen molar-refractivity contribution < 1.29 is 28.2 Å². The topological polar surface area (TPSA) is 172 Å². The summed E-state index contributed by atoms with van der Waals surface area (Å²) in [5.74, 6) is -1.28. The summed E-state index contributed by atoms with van der Waals surface area (Å²) in [6.45, 7) is 2.20. The fraction of sp³-hybridized carbons (Fsp3) is 0.400. The standard InChI is InChI=1S/C25H32N6O6S/c32-22-10-13-31(16-21(22)29-25-26-11-5-12-27-25)18-7-4-6-17(14-18)23(33)28-15-20(24(34)35)30-38(36,37)19-8-2-1-3-9-19/h1-4,6-9,14,20-22,30,32H,5,10-13,15-16H2,(H,28,33)(H,34,35)(H2,26,27,29)/t20?,21-,22-/m1/s1. The van der Waals surface area contributed by atoms with E-state index in [2.05, 4.69) is 30.6 Å². The van der Waals surface area contributed by atoms with Crippen LogP contribution in [0.25, 0.3) is 0 Å². The summed E-state index contributed by atoms with van der Waals surface area (Å²) in [7, 11) is -4.09. The first-order valence-electron chi connectivity index (χ1n) is 12.4. The van der Waals surface area contributed by atoms with Gasteiger partial charge in [0.15, 0.2) is 5.96 Å². The third-order valence-corrected chi connectivity index (χ3v) is 7.87. The molecule has 0 aliphatic carbocycles. The van der Waals surface area contributed by atoms with Gasteiger partial charge in [0.05, 0.1) is 17.0 Å². The number of benzene rings is 2. The number of carboxylic acid groups (broad SMARTS) is 1. The second kappa shape index (κ2) is 12.2. The zero-order valence-electron chi connectivity index (χ0n) is 20.7. The number of guanidine groups is 1. The molecule has 2 aromatic rings. The van der Waals surface area contributed by atoms with E-state index >= 15 is 0 Å². The predicted molar refractivity (Wildman–Crippen MR) is 142 cm³/mol. The summed E-state index contributed by atoms with van der Waals surface area (Å²) in [4.78, 5) is 30.9. The molecule has 13 heteroatoms. The maximum atomic E-state index is 12.8. The number of hydrogen-bond donors (Lipinski definition) is 6. The van der Waals surface area contributed by atoms with Gasteiger partial charge in [-0.15, -0.1) is 0 Å². The lowest BCUT2D eigenvalue weighted by Gasteiger charge is -2.38. The van der Waals surface area contributed by atoms with E-state index in [1.807, 2.05) is 6.07 Å². The molecular weight excluding hydrogens is 512 g/mol. The molecule has 1 unspecified atom stereocenters. The number of aliphatic hydroxyl groups is 1. The van der Waals surface area contributed by atoms with Crippen molar-refractivity contribution in [2.75, 3.05) is 37.6 Å². The molecule has 0 saturated carbocycles. The molecule has 2 heterocycles. The number of anilines is 1. The van der Waals surface area contributed by atoms with Crippen LogP contribution in [0.3, 0.4) is 0 Å². The number of aliphatic carboxylic acids is 1. The molecule has 2 aliphatic rings. The number of piperidine rings is 1. The molecule has 0 aromatic heterocycles. The normalized spacial score (nSPS) is 20.6. The lowest BCUT2D eigenvalue weighted by Crippen LogP contribution is -2.58. The lowest BCUT2D eigenvalue weighted by atomic mass is 10.0. The third kappa shape index (κ3) is 7.00. The Morgan fingerprint density at radius 3 is 2.66 bits per heavy atom. The van der Waals surface area contributed by atoms with Gasteiger partial charge in [-0.05, 0) is 43.2 Å². The van der Waals surface area contributed by atoms with Gasteiger partial charge in [0.25, 0.3) is 5.91 Å². The minimum Gasteiger partial charge on any atom is -0.480 e. The molecule has 2 aliphatic heterocycles. The van der Waals surface area contributed by atoms with Crippen LogP contribution in [-0.4, -0.2) is 87.4 Å². The fourth-order valence-corrected chi connectivity index (χ4v) is 5.51. The molecule has 12 nitrogen and oxygen atoms in total. The molecule has 0 bridgehead atoms. The minimum absolute atomic E-state index is 0.0731. The summed E-state index contributed by atoms with van der Waals surface area (Å²) in [5, 5.41) is 29.0. The van der Waals surface area contributed by atoms with E-state index in [-0.39, 0.29) is 10.9 Å². The van der Waals surface area contributed by atoms with Gasteiger partial charge in [-0.25, -0.2) is 8.42 Å². The summed E-state index contributed by atoms with van der Waals surface area (Å²) in [6.07, 6.45) is 0.950. The fourth-order valence-electron chi connectivity index (χ4n) is 4.30. The second-order valence-electron chi connectivity index (χ2n) is 9.15. The van der Waals surface area contributed by atoms with Crippen molar-refractivity contribution in [1.29, 1.82) is 0 Å². The van der Waals surface area contributed by atoms with Gasteiger partial charge in [-0.1, -0.05) is 24.3 Å². The highest BCUT2D eigenvalue weighted by molar-refractivity contribution is 7.89. The van der Waals surface area contributed by atoms with Gasteiger partial charge in [0.2, 0.25) is 10.0 Å². The Morgan fingerprint density at radius 2 is 1.95 bits per heavy atom. The van der Waals surface area contributed by atoms with Gasteiger partial charge in [0, 0.05) is 44.0 Å². The summed E-state index contributed by atoms with van der Waals surface area (Å²) in [5.41, 5.74) is 1.07. The molecule has 2 aromatic carbocycles. The van der Waals surface area contributed by atoms with Crippen molar-refractivity contribution >= 4 is 33.5 Å². The van der Waals surface area contributed by atoms with Crippen LogP contribution in [0.5, 0.6) is 0 Å². The SMILES string of the molecule is O=C(NCC(NS(=O)(=O)c1ccccc1)C(=O)O)c1cccc(N2CC[C@@H](O)[C@H](NC3=NCCCN3)C2)c1. The number of aliphatic imine (C=N–C) groups is 1.